The summed E-state index contributed by atoms with van der Waals surface area (Å²) < 4.78 is 5.34. The van der Waals surface area contributed by atoms with Gasteiger partial charge in [0, 0.05) is 12.6 Å². The summed E-state index contributed by atoms with van der Waals surface area (Å²) in [6.45, 7) is 5.51. The molecule has 4 nitrogen and oxygen atoms in total. The van der Waals surface area contributed by atoms with E-state index in [0.717, 1.165) is 25.3 Å². The van der Waals surface area contributed by atoms with E-state index < -0.39 is 0 Å². The van der Waals surface area contributed by atoms with Crippen molar-refractivity contribution < 1.29 is 9.21 Å². The zero-order valence-corrected chi connectivity index (χ0v) is 10.5. The van der Waals surface area contributed by atoms with Gasteiger partial charge in [-0.2, -0.15) is 0 Å². The quantitative estimate of drug-likeness (QED) is 0.837. The Balaban J connectivity index is 1.78. The average molecular weight is 236 g/mol. The fourth-order valence-electron chi connectivity index (χ4n) is 2.31. The molecule has 0 aromatic carbocycles. The zero-order valence-electron chi connectivity index (χ0n) is 10.5. The minimum Gasteiger partial charge on any atom is -0.466 e. The number of rotatable bonds is 4. The largest absolute Gasteiger partial charge is 0.466 e. The second kappa shape index (κ2) is 5.36. The van der Waals surface area contributed by atoms with Crippen LogP contribution in [0.25, 0.3) is 0 Å². The van der Waals surface area contributed by atoms with Crippen molar-refractivity contribution >= 4 is 5.91 Å². The number of amides is 1. The molecule has 1 unspecified atom stereocenters. The van der Waals surface area contributed by atoms with E-state index in [-0.39, 0.29) is 5.91 Å². The van der Waals surface area contributed by atoms with Gasteiger partial charge in [-0.05, 0) is 45.7 Å². The van der Waals surface area contributed by atoms with E-state index in [1.54, 1.807) is 6.07 Å². The first-order valence-corrected chi connectivity index (χ1v) is 6.25. The molecule has 1 aliphatic heterocycles. The lowest BCUT2D eigenvalue weighted by atomic mass is 10.1. The van der Waals surface area contributed by atoms with Gasteiger partial charge in [-0.3, -0.25) is 4.79 Å². The Bertz CT molecular complexity index is 392. The molecule has 17 heavy (non-hydrogen) atoms. The molecule has 1 atom stereocenters. The highest BCUT2D eigenvalue weighted by molar-refractivity contribution is 5.95. The summed E-state index contributed by atoms with van der Waals surface area (Å²) in [4.78, 5) is 11.9. The van der Waals surface area contributed by atoms with E-state index in [1.807, 2.05) is 13.8 Å². The molecule has 1 aromatic heterocycles. The van der Waals surface area contributed by atoms with E-state index in [4.69, 9.17) is 4.42 Å². The lowest BCUT2D eigenvalue weighted by Crippen LogP contribution is -2.30. The molecule has 0 radical (unpaired) electrons. The van der Waals surface area contributed by atoms with Crippen LogP contribution in [0.2, 0.25) is 0 Å². The minimum absolute atomic E-state index is 0.0302. The maximum atomic E-state index is 11.9. The number of furan rings is 1. The van der Waals surface area contributed by atoms with Crippen molar-refractivity contribution in [3.05, 3.63) is 23.2 Å². The van der Waals surface area contributed by atoms with Crippen molar-refractivity contribution in [2.45, 2.75) is 39.2 Å². The van der Waals surface area contributed by atoms with Crippen LogP contribution in [0.3, 0.4) is 0 Å². The standard InChI is InChI=1S/C13H20N2O2/c1-9-8-12(10(2)17-9)13(16)15-7-5-11-4-3-6-14-11/h8,11,14H,3-7H2,1-2H3,(H,15,16). The second-order valence-electron chi connectivity index (χ2n) is 4.66. The van der Waals surface area contributed by atoms with Crippen molar-refractivity contribution in [3.63, 3.8) is 0 Å². The van der Waals surface area contributed by atoms with Gasteiger partial charge in [0.05, 0.1) is 5.56 Å². The van der Waals surface area contributed by atoms with Gasteiger partial charge < -0.3 is 15.1 Å². The predicted octanol–water partition coefficient (Wildman–Crippen LogP) is 1.77. The highest BCUT2D eigenvalue weighted by atomic mass is 16.3. The van der Waals surface area contributed by atoms with Gasteiger partial charge in [-0.15, -0.1) is 0 Å². The normalized spacial score (nSPS) is 19.5. The summed E-state index contributed by atoms with van der Waals surface area (Å²) >= 11 is 0. The minimum atomic E-state index is -0.0302. The van der Waals surface area contributed by atoms with E-state index in [0.29, 0.717) is 17.4 Å². The Hall–Kier alpha value is -1.29. The summed E-state index contributed by atoms with van der Waals surface area (Å²) in [5.74, 6) is 1.45. The van der Waals surface area contributed by atoms with Gasteiger partial charge >= 0.3 is 0 Å². The van der Waals surface area contributed by atoms with Gasteiger partial charge in [0.2, 0.25) is 0 Å². The van der Waals surface area contributed by atoms with Gasteiger partial charge in [-0.25, -0.2) is 0 Å². The monoisotopic (exact) mass is 236 g/mol. The molecule has 0 aliphatic carbocycles. The Morgan fingerprint density at radius 1 is 1.59 bits per heavy atom. The Labute approximate surface area is 102 Å². The maximum absolute atomic E-state index is 11.9. The summed E-state index contributed by atoms with van der Waals surface area (Å²) in [6.07, 6.45) is 3.47. The molecule has 1 saturated heterocycles. The Morgan fingerprint density at radius 2 is 2.41 bits per heavy atom. The van der Waals surface area contributed by atoms with Crippen LogP contribution in [0.5, 0.6) is 0 Å². The molecular weight excluding hydrogens is 216 g/mol. The smallest absolute Gasteiger partial charge is 0.254 e. The third-order valence-electron chi connectivity index (χ3n) is 3.23. The Kier molecular flexibility index (Phi) is 3.84. The van der Waals surface area contributed by atoms with Crippen molar-refractivity contribution in [1.29, 1.82) is 0 Å². The molecule has 0 spiro atoms. The first kappa shape index (κ1) is 12.2. The molecule has 0 saturated carbocycles. The summed E-state index contributed by atoms with van der Waals surface area (Å²) in [5, 5.41) is 6.36. The van der Waals surface area contributed by atoms with Crippen LogP contribution >= 0.6 is 0 Å². The third kappa shape index (κ3) is 3.09. The highest BCUT2D eigenvalue weighted by Crippen LogP contribution is 2.13. The molecule has 1 amide bonds. The average Bonchev–Trinajstić information content (AvgIpc) is 2.88. The maximum Gasteiger partial charge on any atom is 0.254 e. The summed E-state index contributed by atoms with van der Waals surface area (Å²) in [6, 6.07) is 2.36. The van der Waals surface area contributed by atoms with Crippen molar-refractivity contribution in [3.8, 4) is 0 Å². The highest BCUT2D eigenvalue weighted by Gasteiger charge is 2.16. The van der Waals surface area contributed by atoms with Gasteiger partial charge in [-0.1, -0.05) is 0 Å². The number of aryl methyl sites for hydroxylation is 2. The zero-order chi connectivity index (χ0) is 12.3. The number of carbonyl (C=O) groups excluding carboxylic acids is 1. The molecule has 1 aliphatic rings. The van der Waals surface area contributed by atoms with Crippen molar-refractivity contribution in [2.75, 3.05) is 13.1 Å². The molecule has 2 heterocycles. The number of hydrogen-bond donors (Lipinski definition) is 2. The van der Waals surface area contributed by atoms with Crippen LogP contribution in [0.15, 0.2) is 10.5 Å². The molecular formula is C13H20N2O2. The van der Waals surface area contributed by atoms with Crippen LogP contribution in [0.1, 0.15) is 41.1 Å². The van der Waals surface area contributed by atoms with E-state index in [2.05, 4.69) is 10.6 Å². The van der Waals surface area contributed by atoms with Crippen LogP contribution in [-0.4, -0.2) is 25.0 Å². The first-order valence-electron chi connectivity index (χ1n) is 6.25. The van der Waals surface area contributed by atoms with Crippen LogP contribution in [0, 0.1) is 13.8 Å². The van der Waals surface area contributed by atoms with Crippen LogP contribution in [0.4, 0.5) is 0 Å². The predicted molar refractivity (Wildman–Crippen MR) is 66.2 cm³/mol. The van der Waals surface area contributed by atoms with Gasteiger partial charge in [0.25, 0.3) is 5.91 Å². The van der Waals surface area contributed by atoms with Crippen LogP contribution < -0.4 is 10.6 Å². The van der Waals surface area contributed by atoms with Crippen LogP contribution in [-0.2, 0) is 0 Å². The van der Waals surface area contributed by atoms with Gasteiger partial charge in [0.15, 0.2) is 0 Å². The van der Waals surface area contributed by atoms with Crippen molar-refractivity contribution in [1.82, 2.24) is 10.6 Å². The molecule has 94 valence electrons. The van der Waals surface area contributed by atoms with E-state index >= 15 is 0 Å². The topological polar surface area (TPSA) is 54.3 Å². The Morgan fingerprint density at radius 3 is 3.00 bits per heavy atom. The molecule has 1 fully saturated rings. The first-order chi connectivity index (χ1) is 8.16. The third-order valence-corrected chi connectivity index (χ3v) is 3.23. The molecule has 2 rings (SSSR count). The van der Waals surface area contributed by atoms with E-state index in [1.165, 1.54) is 12.8 Å². The number of hydrogen-bond acceptors (Lipinski definition) is 3. The summed E-state index contributed by atoms with van der Waals surface area (Å²) in [5.41, 5.74) is 0.655. The fourth-order valence-corrected chi connectivity index (χ4v) is 2.31. The van der Waals surface area contributed by atoms with E-state index in [9.17, 15) is 4.79 Å². The second-order valence-corrected chi connectivity index (χ2v) is 4.66. The lowest BCUT2D eigenvalue weighted by Gasteiger charge is -2.10. The molecule has 0 bridgehead atoms. The van der Waals surface area contributed by atoms with Gasteiger partial charge in [0.1, 0.15) is 11.5 Å². The summed E-state index contributed by atoms with van der Waals surface area (Å²) in [7, 11) is 0. The number of nitrogens with one attached hydrogen (secondary N) is 2. The molecule has 4 heteroatoms. The fraction of sp³-hybridized carbons (Fsp3) is 0.615. The number of carbonyl (C=O) groups is 1. The molecule has 1 aromatic rings. The lowest BCUT2D eigenvalue weighted by molar-refractivity contribution is 0.0951. The van der Waals surface area contributed by atoms with Crippen molar-refractivity contribution in [2.24, 2.45) is 0 Å². The SMILES string of the molecule is Cc1cc(C(=O)NCCC2CCCN2)c(C)o1. The molecule has 2 N–H and O–H groups in total.